The first-order chi connectivity index (χ1) is 16.0. The number of likely N-dealkylation sites (tertiary alicyclic amines) is 1. The summed E-state index contributed by atoms with van der Waals surface area (Å²) in [5.74, 6) is 0.795. The second-order valence-corrected chi connectivity index (χ2v) is 8.96. The number of aromatic nitrogens is 5. The minimum absolute atomic E-state index is 0.115. The highest BCUT2D eigenvalue weighted by Gasteiger charge is 2.27. The summed E-state index contributed by atoms with van der Waals surface area (Å²) in [6, 6.07) is 12.5. The molecule has 170 valence electrons. The number of hydrogen-bond donors (Lipinski definition) is 0. The highest BCUT2D eigenvalue weighted by molar-refractivity contribution is 7.71. The molecule has 0 spiro atoms. The van der Waals surface area contributed by atoms with Gasteiger partial charge in [0.25, 0.3) is 0 Å². The van der Waals surface area contributed by atoms with Crippen LogP contribution in [0.4, 0.5) is 4.39 Å². The molecular weight excluding hydrogens is 439 g/mol. The fraction of sp³-hybridized carbons (Fsp3) is 0.333. The van der Waals surface area contributed by atoms with Gasteiger partial charge in [0.15, 0.2) is 0 Å². The second-order valence-electron chi connectivity index (χ2n) is 8.60. The van der Waals surface area contributed by atoms with Crippen molar-refractivity contribution in [3.8, 4) is 17.1 Å². The van der Waals surface area contributed by atoms with E-state index in [1.807, 2.05) is 9.25 Å². The van der Waals surface area contributed by atoms with Crippen LogP contribution in [-0.2, 0) is 6.67 Å². The molecule has 0 saturated carbocycles. The monoisotopic (exact) mass is 464 g/mol. The largest absolute Gasteiger partial charge is 0.339 e. The number of halogens is 1. The van der Waals surface area contributed by atoms with Crippen LogP contribution in [0.1, 0.15) is 35.8 Å². The zero-order valence-electron chi connectivity index (χ0n) is 18.6. The molecule has 0 N–H and O–H groups in total. The minimum atomic E-state index is -0.320. The van der Waals surface area contributed by atoms with Crippen molar-refractivity contribution in [1.82, 2.24) is 29.4 Å². The molecule has 1 saturated heterocycles. The van der Waals surface area contributed by atoms with Gasteiger partial charge >= 0.3 is 0 Å². The molecule has 4 aromatic rings. The van der Waals surface area contributed by atoms with Crippen molar-refractivity contribution >= 4 is 12.2 Å². The first-order valence-corrected chi connectivity index (χ1v) is 11.4. The highest BCUT2D eigenvalue weighted by atomic mass is 32.1. The lowest BCUT2D eigenvalue weighted by atomic mass is 9.98. The van der Waals surface area contributed by atoms with Crippen LogP contribution in [0.25, 0.3) is 17.1 Å². The van der Waals surface area contributed by atoms with Crippen LogP contribution in [0.15, 0.2) is 53.3 Å². The van der Waals surface area contributed by atoms with Crippen LogP contribution < -0.4 is 0 Å². The van der Waals surface area contributed by atoms with Crippen LogP contribution in [0.3, 0.4) is 0 Å². The van der Waals surface area contributed by atoms with Gasteiger partial charge in [0.1, 0.15) is 12.1 Å². The molecular formula is C24H25FN6OS. The van der Waals surface area contributed by atoms with E-state index >= 15 is 0 Å². The van der Waals surface area contributed by atoms with E-state index in [1.54, 1.807) is 18.5 Å². The Kier molecular flexibility index (Phi) is 5.90. The molecule has 1 fully saturated rings. The lowest BCUT2D eigenvalue weighted by Crippen LogP contribution is -2.36. The molecule has 2 aromatic heterocycles. The summed E-state index contributed by atoms with van der Waals surface area (Å²) in [6.07, 6.45) is 3.75. The van der Waals surface area contributed by atoms with Gasteiger partial charge in [-0.1, -0.05) is 35.0 Å². The molecule has 1 aliphatic heterocycles. The van der Waals surface area contributed by atoms with Gasteiger partial charge in [-0.3, -0.25) is 9.47 Å². The van der Waals surface area contributed by atoms with Gasteiger partial charge in [0.2, 0.25) is 16.5 Å². The smallest absolute Gasteiger partial charge is 0.231 e. The number of hydrogen-bond acceptors (Lipinski definition) is 6. The predicted molar refractivity (Wildman–Crippen MR) is 125 cm³/mol. The van der Waals surface area contributed by atoms with Crippen LogP contribution in [0, 0.1) is 24.4 Å². The highest BCUT2D eigenvalue weighted by Crippen LogP contribution is 2.28. The van der Waals surface area contributed by atoms with Gasteiger partial charge < -0.3 is 4.52 Å². The molecule has 2 aromatic carbocycles. The number of nitrogens with zero attached hydrogens (tertiary/aromatic N) is 6. The lowest BCUT2D eigenvalue weighted by Gasteiger charge is -2.30. The molecule has 3 heterocycles. The summed E-state index contributed by atoms with van der Waals surface area (Å²) in [5.41, 5.74) is 4.04. The molecule has 0 bridgehead atoms. The molecule has 5 rings (SSSR count). The molecule has 33 heavy (non-hydrogen) atoms. The summed E-state index contributed by atoms with van der Waals surface area (Å²) in [4.78, 5) is 6.85. The maximum atomic E-state index is 13.5. The van der Waals surface area contributed by atoms with Crippen molar-refractivity contribution in [3.05, 3.63) is 76.4 Å². The molecule has 7 nitrogen and oxygen atoms in total. The van der Waals surface area contributed by atoms with E-state index < -0.39 is 0 Å². The third-order valence-corrected chi connectivity index (χ3v) is 6.47. The summed E-state index contributed by atoms with van der Waals surface area (Å²) < 4.78 is 23.6. The van der Waals surface area contributed by atoms with Gasteiger partial charge in [-0.05, 0) is 69.2 Å². The van der Waals surface area contributed by atoms with Crippen molar-refractivity contribution in [2.45, 2.75) is 39.3 Å². The van der Waals surface area contributed by atoms with Crippen LogP contribution in [0.2, 0.25) is 0 Å². The third kappa shape index (κ3) is 4.51. The SMILES string of the molecule is Cc1ccc(-n2cnn(CN3CCCC(c4nc(-c5cccc(F)c5)no4)C3)c2=S)c(C)c1. The van der Waals surface area contributed by atoms with Crippen molar-refractivity contribution in [1.29, 1.82) is 0 Å². The van der Waals surface area contributed by atoms with E-state index in [4.69, 9.17) is 16.7 Å². The Balaban J connectivity index is 1.30. The van der Waals surface area contributed by atoms with Crippen molar-refractivity contribution < 1.29 is 8.91 Å². The Labute approximate surface area is 196 Å². The zero-order chi connectivity index (χ0) is 22.9. The number of aryl methyl sites for hydroxylation is 2. The van der Waals surface area contributed by atoms with E-state index in [0.717, 1.165) is 37.2 Å². The van der Waals surface area contributed by atoms with Gasteiger partial charge in [-0.2, -0.15) is 10.1 Å². The predicted octanol–water partition coefficient (Wildman–Crippen LogP) is 5.05. The van der Waals surface area contributed by atoms with Crippen molar-refractivity contribution in [2.24, 2.45) is 0 Å². The summed E-state index contributed by atoms with van der Waals surface area (Å²) in [6.45, 7) is 6.47. The number of rotatable bonds is 5. The zero-order valence-corrected chi connectivity index (χ0v) is 19.4. The van der Waals surface area contributed by atoms with Crippen LogP contribution in [0.5, 0.6) is 0 Å². The average molecular weight is 465 g/mol. The minimum Gasteiger partial charge on any atom is -0.339 e. The van der Waals surface area contributed by atoms with E-state index in [1.165, 1.54) is 17.7 Å². The molecule has 1 aliphatic rings. The standard InChI is InChI=1S/C24H25FN6OS/c1-16-8-9-21(17(2)11-16)30-14-26-31(24(30)33)15-29-10-4-6-19(13-29)23-27-22(28-32-23)18-5-3-7-20(25)12-18/h3,5,7-9,11-12,14,19H,4,6,10,13,15H2,1-2H3. The van der Waals surface area contributed by atoms with Gasteiger partial charge in [-0.25, -0.2) is 9.07 Å². The molecule has 0 aliphatic carbocycles. The maximum Gasteiger partial charge on any atom is 0.231 e. The quantitative estimate of drug-likeness (QED) is 0.385. The topological polar surface area (TPSA) is 64.9 Å². The molecule has 0 radical (unpaired) electrons. The van der Waals surface area contributed by atoms with Crippen molar-refractivity contribution in [2.75, 3.05) is 13.1 Å². The fourth-order valence-corrected chi connectivity index (χ4v) is 4.65. The van der Waals surface area contributed by atoms with Gasteiger partial charge in [0.05, 0.1) is 18.3 Å². The van der Waals surface area contributed by atoms with Crippen molar-refractivity contribution in [3.63, 3.8) is 0 Å². The van der Waals surface area contributed by atoms with E-state index in [0.29, 0.717) is 28.7 Å². The Bertz CT molecular complexity index is 1340. The van der Waals surface area contributed by atoms with Gasteiger partial charge in [-0.15, -0.1) is 0 Å². The first kappa shape index (κ1) is 21.7. The average Bonchev–Trinajstić information content (AvgIpc) is 3.42. The van der Waals surface area contributed by atoms with E-state index in [9.17, 15) is 4.39 Å². The lowest BCUT2D eigenvalue weighted by molar-refractivity contribution is 0.143. The van der Waals surface area contributed by atoms with Gasteiger partial charge in [0, 0.05) is 12.1 Å². The van der Waals surface area contributed by atoms with Crippen LogP contribution >= 0.6 is 12.2 Å². The molecule has 1 atom stereocenters. The molecule has 9 heteroatoms. The fourth-order valence-electron chi connectivity index (χ4n) is 4.40. The molecule has 0 amide bonds. The van der Waals surface area contributed by atoms with E-state index in [-0.39, 0.29) is 11.7 Å². The molecule has 1 unspecified atom stereocenters. The first-order valence-electron chi connectivity index (χ1n) is 11.0. The maximum absolute atomic E-state index is 13.5. The summed E-state index contributed by atoms with van der Waals surface area (Å²) in [5, 5.41) is 8.61. The number of piperidine rings is 1. The number of benzene rings is 2. The van der Waals surface area contributed by atoms with E-state index in [2.05, 4.69) is 52.2 Å². The Morgan fingerprint density at radius 3 is 2.88 bits per heavy atom. The normalized spacial score (nSPS) is 16.9. The second kappa shape index (κ2) is 8.99. The summed E-state index contributed by atoms with van der Waals surface area (Å²) >= 11 is 5.72. The summed E-state index contributed by atoms with van der Waals surface area (Å²) in [7, 11) is 0. The Hall–Kier alpha value is -3.17. The third-order valence-electron chi connectivity index (χ3n) is 6.06. The van der Waals surface area contributed by atoms with Crippen LogP contribution in [-0.4, -0.2) is 42.5 Å². The Morgan fingerprint density at radius 2 is 2.06 bits per heavy atom. The Morgan fingerprint density at radius 1 is 1.18 bits per heavy atom.